The van der Waals surface area contributed by atoms with Crippen molar-refractivity contribution in [3.8, 4) is 11.7 Å². The average molecular weight is 358 g/mol. The van der Waals surface area contributed by atoms with Gasteiger partial charge in [-0.05, 0) is 37.1 Å². The number of H-pyrrole nitrogens is 1. The number of phenolic OH excluding ortho intramolecular Hbond substituents is 1. The van der Waals surface area contributed by atoms with Gasteiger partial charge < -0.3 is 10.1 Å². The molecule has 6 heteroatoms. The van der Waals surface area contributed by atoms with E-state index in [0.717, 1.165) is 22.3 Å². The molecule has 0 fully saturated rings. The Morgan fingerprint density at radius 2 is 1.89 bits per heavy atom. The molecule has 2 heterocycles. The van der Waals surface area contributed by atoms with Crippen molar-refractivity contribution in [2.24, 2.45) is 0 Å². The zero-order valence-electron chi connectivity index (χ0n) is 14.8. The Bertz CT molecular complexity index is 1160. The fraction of sp³-hybridized carbons (Fsp3) is 0.190. The first-order valence-corrected chi connectivity index (χ1v) is 8.96. The minimum absolute atomic E-state index is 0.0596. The Labute approximate surface area is 155 Å². The minimum Gasteiger partial charge on any atom is -0.508 e. The van der Waals surface area contributed by atoms with Crippen LogP contribution in [-0.4, -0.2) is 30.6 Å². The van der Waals surface area contributed by atoms with Crippen LogP contribution in [-0.2, 0) is 6.42 Å². The number of nitrogens with one attached hydrogen (secondary N) is 1. The number of aromatic nitrogens is 4. The van der Waals surface area contributed by atoms with Crippen LogP contribution in [0.3, 0.4) is 0 Å². The first-order chi connectivity index (χ1) is 13.1. The van der Waals surface area contributed by atoms with Gasteiger partial charge in [0.2, 0.25) is 5.95 Å². The summed E-state index contributed by atoms with van der Waals surface area (Å²) in [7, 11) is 0. The van der Waals surface area contributed by atoms with Gasteiger partial charge >= 0.3 is 0 Å². The zero-order valence-corrected chi connectivity index (χ0v) is 14.8. The molecular formula is C21H18N4O2. The molecule has 0 bridgehead atoms. The molecule has 2 N–H and O–H groups in total. The molecule has 0 saturated carbocycles. The van der Waals surface area contributed by atoms with Gasteiger partial charge in [0.15, 0.2) is 5.78 Å². The van der Waals surface area contributed by atoms with Gasteiger partial charge in [0.25, 0.3) is 0 Å². The highest BCUT2D eigenvalue weighted by Gasteiger charge is 2.33. The van der Waals surface area contributed by atoms with E-state index < -0.39 is 0 Å². The second-order valence-electron chi connectivity index (χ2n) is 6.98. The molecule has 1 aliphatic rings. The van der Waals surface area contributed by atoms with Crippen molar-refractivity contribution in [3.63, 3.8) is 0 Å². The number of carbonyl (C=O) groups excluding carboxylic acids is 1. The van der Waals surface area contributed by atoms with Gasteiger partial charge in [-0.15, -0.1) is 0 Å². The summed E-state index contributed by atoms with van der Waals surface area (Å²) in [5.74, 6) is 0.811. The molecule has 0 radical (unpaired) electrons. The van der Waals surface area contributed by atoms with Gasteiger partial charge in [0.05, 0.1) is 28.0 Å². The lowest BCUT2D eigenvalue weighted by atomic mass is 9.81. The molecule has 0 amide bonds. The van der Waals surface area contributed by atoms with Crippen LogP contribution in [0, 0.1) is 6.92 Å². The second-order valence-corrected chi connectivity index (χ2v) is 6.98. The summed E-state index contributed by atoms with van der Waals surface area (Å²) in [5, 5.41) is 14.8. The van der Waals surface area contributed by atoms with Gasteiger partial charge in [-0.25, -0.2) is 9.67 Å². The number of aromatic amines is 1. The summed E-state index contributed by atoms with van der Waals surface area (Å²) >= 11 is 0. The third kappa shape index (κ3) is 2.44. The second kappa shape index (κ2) is 5.81. The van der Waals surface area contributed by atoms with E-state index in [1.54, 1.807) is 16.8 Å². The maximum Gasteiger partial charge on any atom is 0.229 e. The number of aromatic hydroxyl groups is 1. The number of nitrogens with zero attached hydrogens (tertiary/aromatic N) is 3. The molecule has 2 aromatic heterocycles. The largest absolute Gasteiger partial charge is 0.508 e. The molecule has 5 rings (SSSR count). The highest BCUT2D eigenvalue weighted by molar-refractivity contribution is 6.00. The van der Waals surface area contributed by atoms with Crippen LogP contribution in [0.25, 0.3) is 17.0 Å². The number of carbonyl (C=O) groups is 1. The van der Waals surface area contributed by atoms with Gasteiger partial charge in [0, 0.05) is 12.3 Å². The number of phenols is 1. The monoisotopic (exact) mass is 358 g/mol. The molecule has 27 heavy (non-hydrogen) atoms. The summed E-state index contributed by atoms with van der Waals surface area (Å²) < 4.78 is 1.74. The van der Waals surface area contributed by atoms with Crippen molar-refractivity contribution in [2.75, 3.05) is 0 Å². The molecule has 134 valence electrons. The summed E-state index contributed by atoms with van der Waals surface area (Å²) in [6.45, 7) is 1.86. The maximum atomic E-state index is 12.9. The molecule has 0 saturated heterocycles. The zero-order chi connectivity index (χ0) is 18.5. The van der Waals surface area contributed by atoms with Crippen molar-refractivity contribution < 1.29 is 9.90 Å². The van der Waals surface area contributed by atoms with Crippen LogP contribution >= 0.6 is 0 Å². The van der Waals surface area contributed by atoms with Crippen molar-refractivity contribution in [2.45, 2.75) is 25.7 Å². The number of ketones is 1. The summed E-state index contributed by atoms with van der Waals surface area (Å²) in [6, 6.07) is 15.0. The van der Waals surface area contributed by atoms with E-state index in [1.807, 2.05) is 43.3 Å². The average Bonchev–Trinajstić information content (AvgIpc) is 3.23. The molecule has 1 aliphatic carbocycles. The molecule has 6 nitrogen and oxygen atoms in total. The van der Waals surface area contributed by atoms with Crippen LogP contribution in [0.15, 0.2) is 48.5 Å². The number of hydrogen-bond donors (Lipinski definition) is 2. The van der Waals surface area contributed by atoms with Crippen LogP contribution in [0.4, 0.5) is 0 Å². The molecule has 0 spiro atoms. The molecule has 4 aromatic rings. The SMILES string of the molecule is Cc1nn(-c2nc3ccccc3[nH]2)c2c1C(=O)CC(c1ccccc1O)C2. The van der Waals surface area contributed by atoms with Crippen LogP contribution in [0.2, 0.25) is 0 Å². The Hall–Kier alpha value is -3.41. The number of imidazole rings is 1. The van der Waals surface area contributed by atoms with E-state index in [9.17, 15) is 9.90 Å². The van der Waals surface area contributed by atoms with E-state index in [0.29, 0.717) is 30.0 Å². The minimum atomic E-state index is -0.0783. The molecular weight excluding hydrogens is 340 g/mol. The Kier molecular flexibility index (Phi) is 3.40. The van der Waals surface area contributed by atoms with E-state index in [4.69, 9.17) is 0 Å². The van der Waals surface area contributed by atoms with Crippen molar-refractivity contribution in [3.05, 3.63) is 71.0 Å². The lowest BCUT2D eigenvalue weighted by Gasteiger charge is -2.23. The van der Waals surface area contributed by atoms with Gasteiger partial charge in [-0.1, -0.05) is 30.3 Å². The third-order valence-corrected chi connectivity index (χ3v) is 5.26. The summed E-state index contributed by atoms with van der Waals surface area (Å²) in [6.07, 6.45) is 0.994. The van der Waals surface area contributed by atoms with Gasteiger partial charge in [-0.2, -0.15) is 5.10 Å². The smallest absolute Gasteiger partial charge is 0.229 e. The van der Waals surface area contributed by atoms with E-state index >= 15 is 0 Å². The Balaban J connectivity index is 1.64. The molecule has 0 aliphatic heterocycles. The standard InChI is InChI=1S/C21H18N4O2/c1-12-20-17(10-13(11-19(20)27)14-6-2-5-9-18(14)26)25(24-12)21-22-15-7-3-4-8-16(15)23-21/h2-9,13,26H,10-11H2,1H3,(H,22,23). The number of Topliss-reactive ketones (excluding diaryl/α,β-unsaturated/α-hetero) is 1. The number of rotatable bonds is 2. The lowest BCUT2D eigenvalue weighted by Crippen LogP contribution is -2.21. The molecule has 1 unspecified atom stereocenters. The highest BCUT2D eigenvalue weighted by atomic mass is 16.3. The number of hydrogen-bond acceptors (Lipinski definition) is 4. The quantitative estimate of drug-likeness (QED) is 0.573. The summed E-state index contributed by atoms with van der Waals surface area (Å²) in [4.78, 5) is 20.8. The summed E-state index contributed by atoms with van der Waals surface area (Å²) in [5.41, 5.74) is 4.82. The number of benzene rings is 2. The van der Waals surface area contributed by atoms with Gasteiger partial charge in [-0.3, -0.25) is 4.79 Å². The van der Waals surface area contributed by atoms with E-state index in [1.165, 1.54) is 0 Å². The van der Waals surface area contributed by atoms with Crippen molar-refractivity contribution in [1.29, 1.82) is 0 Å². The van der Waals surface area contributed by atoms with Crippen molar-refractivity contribution in [1.82, 2.24) is 19.7 Å². The predicted octanol–water partition coefficient (Wildman–Crippen LogP) is 3.68. The van der Waals surface area contributed by atoms with E-state index in [-0.39, 0.29) is 17.5 Å². The van der Waals surface area contributed by atoms with E-state index in [2.05, 4.69) is 15.1 Å². The van der Waals surface area contributed by atoms with Crippen LogP contribution in [0.1, 0.15) is 39.6 Å². The molecule has 2 aromatic carbocycles. The number of fused-ring (bicyclic) bond motifs is 2. The molecule has 1 atom stereocenters. The maximum absolute atomic E-state index is 12.9. The third-order valence-electron chi connectivity index (χ3n) is 5.26. The van der Waals surface area contributed by atoms with Crippen LogP contribution in [0.5, 0.6) is 5.75 Å². The predicted molar refractivity (Wildman–Crippen MR) is 101 cm³/mol. The number of para-hydroxylation sites is 3. The highest BCUT2D eigenvalue weighted by Crippen LogP contribution is 2.38. The number of aryl methyl sites for hydroxylation is 1. The Morgan fingerprint density at radius 1 is 1.11 bits per heavy atom. The van der Waals surface area contributed by atoms with Crippen molar-refractivity contribution >= 4 is 16.8 Å². The topological polar surface area (TPSA) is 83.8 Å². The first-order valence-electron chi connectivity index (χ1n) is 8.96. The lowest BCUT2D eigenvalue weighted by molar-refractivity contribution is 0.0963. The fourth-order valence-corrected chi connectivity index (χ4v) is 4.03. The first kappa shape index (κ1) is 15.8. The normalized spacial score (nSPS) is 16.6. The van der Waals surface area contributed by atoms with Gasteiger partial charge in [0.1, 0.15) is 5.75 Å². The fourth-order valence-electron chi connectivity index (χ4n) is 4.03. The van der Waals surface area contributed by atoms with Crippen LogP contribution < -0.4 is 0 Å². The Morgan fingerprint density at radius 3 is 2.70 bits per heavy atom.